The molecule has 16 heavy (non-hydrogen) atoms. The minimum Gasteiger partial charge on any atom is -0.477 e. The number of H-pyrrole nitrogens is 1. The SMILES string of the molecule is O=C(O)c1cc2ccc3ncncc3c2[nH]1. The van der Waals surface area contributed by atoms with Crippen LogP contribution >= 0.6 is 0 Å². The maximum absolute atomic E-state index is 10.8. The Kier molecular flexibility index (Phi) is 1.67. The van der Waals surface area contributed by atoms with Crippen molar-refractivity contribution in [3.63, 3.8) is 0 Å². The quantitative estimate of drug-likeness (QED) is 0.646. The van der Waals surface area contributed by atoms with Crippen molar-refractivity contribution in [3.8, 4) is 0 Å². The van der Waals surface area contributed by atoms with Gasteiger partial charge in [-0.25, -0.2) is 14.8 Å². The molecule has 78 valence electrons. The first kappa shape index (κ1) is 8.84. The summed E-state index contributed by atoms with van der Waals surface area (Å²) < 4.78 is 0. The summed E-state index contributed by atoms with van der Waals surface area (Å²) in [6.45, 7) is 0. The Hall–Kier alpha value is -2.43. The molecule has 2 aromatic heterocycles. The van der Waals surface area contributed by atoms with E-state index in [0.717, 1.165) is 21.8 Å². The van der Waals surface area contributed by atoms with Crippen molar-refractivity contribution in [2.45, 2.75) is 0 Å². The lowest BCUT2D eigenvalue weighted by molar-refractivity contribution is 0.0691. The van der Waals surface area contributed by atoms with Gasteiger partial charge in [-0.3, -0.25) is 0 Å². The van der Waals surface area contributed by atoms with Gasteiger partial charge in [0.15, 0.2) is 0 Å². The molecule has 0 bridgehead atoms. The Bertz CT molecular complexity index is 703. The first-order chi connectivity index (χ1) is 7.75. The van der Waals surface area contributed by atoms with Crippen molar-refractivity contribution in [1.82, 2.24) is 15.0 Å². The molecule has 3 aromatic rings. The first-order valence-corrected chi connectivity index (χ1v) is 4.70. The van der Waals surface area contributed by atoms with Gasteiger partial charge in [-0.15, -0.1) is 0 Å². The number of aromatic carboxylic acids is 1. The van der Waals surface area contributed by atoms with E-state index < -0.39 is 5.97 Å². The van der Waals surface area contributed by atoms with Crippen molar-refractivity contribution in [3.05, 3.63) is 36.4 Å². The molecule has 0 saturated carbocycles. The molecular weight excluding hydrogens is 206 g/mol. The zero-order chi connectivity index (χ0) is 11.1. The van der Waals surface area contributed by atoms with Crippen LogP contribution in [-0.4, -0.2) is 26.0 Å². The number of benzene rings is 1. The Balaban J connectivity index is 2.46. The zero-order valence-electron chi connectivity index (χ0n) is 8.14. The van der Waals surface area contributed by atoms with Gasteiger partial charge < -0.3 is 10.1 Å². The molecule has 0 aliphatic rings. The highest BCUT2D eigenvalue weighted by Gasteiger charge is 2.09. The standard InChI is InChI=1S/C11H7N3O2/c15-11(16)9-3-6-1-2-8-7(10(6)14-9)4-12-5-13-8/h1-5,14H,(H,15,16). The molecular formula is C11H7N3O2. The third-order valence-corrected chi connectivity index (χ3v) is 2.51. The van der Waals surface area contributed by atoms with E-state index in [2.05, 4.69) is 15.0 Å². The number of hydrogen-bond donors (Lipinski definition) is 2. The smallest absolute Gasteiger partial charge is 0.352 e. The van der Waals surface area contributed by atoms with Gasteiger partial charge in [0.05, 0.1) is 11.0 Å². The lowest BCUT2D eigenvalue weighted by Gasteiger charge is -1.96. The van der Waals surface area contributed by atoms with Crippen LogP contribution in [0.25, 0.3) is 21.8 Å². The second kappa shape index (κ2) is 3.03. The molecule has 0 radical (unpaired) electrons. The fourth-order valence-corrected chi connectivity index (χ4v) is 1.77. The molecule has 0 amide bonds. The van der Waals surface area contributed by atoms with Gasteiger partial charge in [-0.2, -0.15) is 0 Å². The zero-order valence-corrected chi connectivity index (χ0v) is 8.14. The molecule has 5 nitrogen and oxygen atoms in total. The molecule has 0 spiro atoms. The topological polar surface area (TPSA) is 78.9 Å². The molecule has 0 saturated heterocycles. The summed E-state index contributed by atoms with van der Waals surface area (Å²) in [6, 6.07) is 5.29. The molecule has 0 aliphatic carbocycles. The van der Waals surface area contributed by atoms with Gasteiger partial charge in [0.1, 0.15) is 12.0 Å². The predicted molar refractivity (Wildman–Crippen MR) is 58.4 cm³/mol. The van der Waals surface area contributed by atoms with Crippen LogP contribution in [0.1, 0.15) is 10.5 Å². The van der Waals surface area contributed by atoms with E-state index >= 15 is 0 Å². The molecule has 0 fully saturated rings. The van der Waals surface area contributed by atoms with Gasteiger partial charge in [0.25, 0.3) is 0 Å². The summed E-state index contributed by atoms with van der Waals surface area (Å²) in [7, 11) is 0. The van der Waals surface area contributed by atoms with Gasteiger partial charge in [-0.1, -0.05) is 6.07 Å². The maximum Gasteiger partial charge on any atom is 0.352 e. The Labute approximate surface area is 89.8 Å². The average Bonchev–Trinajstić information content (AvgIpc) is 2.73. The molecule has 0 atom stereocenters. The van der Waals surface area contributed by atoms with Crippen LogP contribution in [-0.2, 0) is 0 Å². The fourth-order valence-electron chi connectivity index (χ4n) is 1.77. The molecule has 5 heteroatoms. The Morgan fingerprint density at radius 2 is 2.25 bits per heavy atom. The van der Waals surface area contributed by atoms with Crippen LogP contribution in [0.2, 0.25) is 0 Å². The third kappa shape index (κ3) is 1.15. The Morgan fingerprint density at radius 1 is 1.38 bits per heavy atom. The number of carboxylic acids is 1. The number of aromatic amines is 1. The molecule has 0 aliphatic heterocycles. The summed E-state index contributed by atoms with van der Waals surface area (Å²) in [4.78, 5) is 21.7. The lowest BCUT2D eigenvalue weighted by Crippen LogP contribution is -1.94. The van der Waals surface area contributed by atoms with Gasteiger partial charge in [0, 0.05) is 17.0 Å². The van der Waals surface area contributed by atoms with Crippen LogP contribution in [0, 0.1) is 0 Å². The number of fused-ring (bicyclic) bond motifs is 3. The predicted octanol–water partition coefficient (Wildman–Crippen LogP) is 1.81. The van der Waals surface area contributed by atoms with Crippen LogP contribution < -0.4 is 0 Å². The highest BCUT2D eigenvalue weighted by Crippen LogP contribution is 2.23. The van der Waals surface area contributed by atoms with E-state index in [4.69, 9.17) is 5.11 Å². The summed E-state index contributed by atoms with van der Waals surface area (Å²) in [5.41, 5.74) is 1.73. The second-order valence-corrected chi connectivity index (χ2v) is 3.47. The minimum absolute atomic E-state index is 0.173. The first-order valence-electron chi connectivity index (χ1n) is 4.70. The average molecular weight is 213 g/mol. The molecule has 2 N–H and O–H groups in total. The molecule has 0 unspecified atom stereocenters. The highest BCUT2D eigenvalue weighted by molar-refractivity contribution is 6.06. The van der Waals surface area contributed by atoms with Crippen LogP contribution in [0.15, 0.2) is 30.7 Å². The molecule has 3 rings (SSSR count). The highest BCUT2D eigenvalue weighted by atomic mass is 16.4. The van der Waals surface area contributed by atoms with Gasteiger partial charge in [0.2, 0.25) is 0 Å². The van der Waals surface area contributed by atoms with Gasteiger partial charge >= 0.3 is 5.97 Å². The number of nitrogens with zero attached hydrogens (tertiary/aromatic N) is 2. The van der Waals surface area contributed by atoms with E-state index in [1.807, 2.05) is 12.1 Å². The number of rotatable bonds is 1. The largest absolute Gasteiger partial charge is 0.477 e. The fraction of sp³-hybridized carbons (Fsp3) is 0. The van der Waals surface area contributed by atoms with Crippen molar-refractivity contribution in [1.29, 1.82) is 0 Å². The van der Waals surface area contributed by atoms with E-state index in [0.29, 0.717) is 0 Å². The lowest BCUT2D eigenvalue weighted by atomic mass is 10.2. The second-order valence-electron chi connectivity index (χ2n) is 3.47. The van der Waals surface area contributed by atoms with Crippen molar-refractivity contribution in [2.75, 3.05) is 0 Å². The van der Waals surface area contributed by atoms with Gasteiger partial charge in [-0.05, 0) is 12.1 Å². The number of nitrogens with one attached hydrogen (secondary N) is 1. The number of hydrogen-bond acceptors (Lipinski definition) is 3. The number of carboxylic acid groups (broad SMARTS) is 1. The molecule has 2 heterocycles. The third-order valence-electron chi connectivity index (χ3n) is 2.51. The monoisotopic (exact) mass is 213 g/mol. The normalized spacial score (nSPS) is 11.0. The van der Waals surface area contributed by atoms with Crippen LogP contribution in [0.4, 0.5) is 0 Å². The summed E-state index contributed by atoms with van der Waals surface area (Å²) in [5.74, 6) is -0.971. The minimum atomic E-state index is -0.971. The maximum atomic E-state index is 10.8. The van der Waals surface area contributed by atoms with E-state index in [1.54, 1.807) is 12.3 Å². The van der Waals surface area contributed by atoms with E-state index in [1.165, 1.54) is 6.33 Å². The number of aromatic nitrogens is 3. The van der Waals surface area contributed by atoms with E-state index in [9.17, 15) is 4.79 Å². The molecule has 1 aromatic carbocycles. The van der Waals surface area contributed by atoms with Crippen molar-refractivity contribution >= 4 is 27.8 Å². The summed E-state index contributed by atoms with van der Waals surface area (Å²) >= 11 is 0. The van der Waals surface area contributed by atoms with Crippen molar-refractivity contribution in [2.24, 2.45) is 0 Å². The van der Waals surface area contributed by atoms with Crippen LogP contribution in [0.5, 0.6) is 0 Å². The summed E-state index contributed by atoms with van der Waals surface area (Å²) in [5, 5.41) is 10.6. The Morgan fingerprint density at radius 3 is 3.06 bits per heavy atom. The van der Waals surface area contributed by atoms with Crippen molar-refractivity contribution < 1.29 is 9.90 Å². The number of carbonyl (C=O) groups is 1. The summed E-state index contributed by atoms with van der Waals surface area (Å²) in [6.07, 6.45) is 3.14. The van der Waals surface area contributed by atoms with E-state index in [-0.39, 0.29) is 5.69 Å². The van der Waals surface area contributed by atoms with Crippen LogP contribution in [0.3, 0.4) is 0 Å².